The van der Waals surface area contributed by atoms with Crippen LogP contribution in [0.2, 0.25) is 0 Å². The fourth-order valence-electron chi connectivity index (χ4n) is 0.940. The third-order valence-corrected chi connectivity index (χ3v) is 1.83. The topological polar surface area (TPSA) is 18.5 Å². The zero-order valence-electron chi connectivity index (χ0n) is 7.95. The van der Waals surface area contributed by atoms with Crippen LogP contribution >= 0.6 is 12.0 Å². The minimum Gasteiger partial charge on any atom is -0.490 e. The van der Waals surface area contributed by atoms with Crippen molar-refractivity contribution in [3.63, 3.8) is 0 Å². The van der Waals surface area contributed by atoms with Crippen LogP contribution in [0.15, 0.2) is 24.3 Å². The highest BCUT2D eigenvalue weighted by Crippen LogP contribution is 2.28. The summed E-state index contributed by atoms with van der Waals surface area (Å²) in [6, 6.07) is 7.70. The van der Waals surface area contributed by atoms with Crippen LogP contribution in [-0.4, -0.2) is 12.9 Å². The Labute approximate surface area is 83.5 Å². The second-order valence-electron chi connectivity index (χ2n) is 2.55. The molecular formula is C10H14O2S. The standard InChI is InChI=1S/C10H14O2S/c1-3-8-11-9-6-4-5-7-10(9)12-13-2/h4-7H,3,8H2,1-2H3. The summed E-state index contributed by atoms with van der Waals surface area (Å²) in [4.78, 5) is 0. The van der Waals surface area contributed by atoms with Crippen molar-refractivity contribution < 1.29 is 8.92 Å². The maximum atomic E-state index is 5.50. The summed E-state index contributed by atoms with van der Waals surface area (Å²) in [6.07, 6.45) is 2.89. The molecule has 0 unspecified atom stereocenters. The van der Waals surface area contributed by atoms with Crippen molar-refractivity contribution in [2.45, 2.75) is 13.3 Å². The Morgan fingerprint density at radius 1 is 1.23 bits per heavy atom. The third-order valence-electron chi connectivity index (χ3n) is 1.48. The molecule has 3 heteroatoms. The van der Waals surface area contributed by atoms with Crippen LogP contribution in [0.3, 0.4) is 0 Å². The SMILES string of the molecule is CCCOc1ccccc1OSC. The van der Waals surface area contributed by atoms with Crippen molar-refractivity contribution in [3.05, 3.63) is 24.3 Å². The lowest BCUT2D eigenvalue weighted by molar-refractivity contribution is 0.309. The third kappa shape index (κ3) is 3.19. The predicted molar refractivity (Wildman–Crippen MR) is 56.4 cm³/mol. The van der Waals surface area contributed by atoms with Gasteiger partial charge in [0.05, 0.1) is 18.6 Å². The number of para-hydroxylation sites is 2. The minimum atomic E-state index is 0.731. The van der Waals surface area contributed by atoms with E-state index in [-0.39, 0.29) is 0 Å². The first-order valence-electron chi connectivity index (χ1n) is 4.31. The quantitative estimate of drug-likeness (QED) is 0.677. The Morgan fingerprint density at radius 3 is 2.54 bits per heavy atom. The average molecular weight is 198 g/mol. The molecule has 0 saturated carbocycles. The predicted octanol–water partition coefficient (Wildman–Crippen LogP) is 3.13. The number of ether oxygens (including phenoxy) is 1. The van der Waals surface area contributed by atoms with Gasteiger partial charge in [-0.3, -0.25) is 0 Å². The summed E-state index contributed by atoms with van der Waals surface area (Å²) in [5, 5.41) is 0. The van der Waals surface area contributed by atoms with Gasteiger partial charge in [-0.25, -0.2) is 0 Å². The van der Waals surface area contributed by atoms with E-state index in [2.05, 4.69) is 6.92 Å². The van der Waals surface area contributed by atoms with Gasteiger partial charge in [0.15, 0.2) is 11.5 Å². The summed E-state index contributed by atoms with van der Waals surface area (Å²) >= 11 is 1.32. The highest BCUT2D eigenvalue weighted by Gasteiger charge is 2.02. The van der Waals surface area contributed by atoms with Crippen LogP contribution in [0.4, 0.5) is 0 Å². The molecule has 72 valence electrons. The molecule has 2 nitrogen and oxygen atoms in total. The fourth-order valence-corrected chi connectivity index (χ4v) is 1.26. The lowest BCUT2D eigenvalue weighted by Crippen LogP contribution is -1.96. The van der Waals surface area contributed by atoms with Gasteiger partial charge in [0.1, 0.15) is 0 Å². The van der Waals surface area contributed by atoms with Crippen molar-refractivity contribution in [1.82, 2.24) is 0 Å². The van der Waals surface area contributed by atoms with E-state index in [0.29, 0.717) is 0 Å². The lowest BCUT2D eigenvalue weighted by atomic mass is 10.3. The number of benzene rings is 1. The van der Waals surface area contributed by atoms with Crippen LogP contribution in [0.25, 0.3) is 0 Å². The van der Waals surface area contributed by atoms with E-state index in [1.807, 2.05) is 30.5 Å². The molecule has 0 aromatic heterocycles. The van der Waals surface area contributed by atoms with Gasteiger partial charge in [-0.15, -0.1) is 0 Å². The molecule has 0 bridgehead atoms. The summed E-state index contributed by atoms with van der Waals surface area (Å²) in [5.41, 5.74) is 0. The van der Waals surface area contributed by atoms with Crippen LogP contribution in [0.1, 0.15) is 13.3 Å². The molecule has 0 fully saturated rings. The summed E-state index contributed by atoms with van der Waals surface area (Å²) in [6.45, 7) is 2.81. The molecule has 0 radical (unpaired) electrons. The fraction of sp³-hybridized carbons (Fsp3) is 0.400. The molecule has 0 atom stereocenters. The highest BCUT2D eigenvalue weighted by molar-refractivity contribution is 7.94. The van der Waals surface area contributed by atoms with Gasteiger partial charge >= 0.3 is 0 Å². The molecule has 13 heavy (non-hydrogen) atoms. The van der Waals surface area contributed by atoms with E-state index < -0.39 is 0 Å². The van der Waals surface area contributed by atoms with Gasteiger partial charge < -0.3 is 8.92 Å². The smallest absolute Gasteiger partial charge is 0.179 e. The van der Waals surface area contributed by atoms with Crippen molar-refractivity contribution in [2.24, 2.45) is 0 Å². The summed E-state index contributed by atoms with van der Waals surface area (Å²) < 4.78 is 10.8. The van der Waals surface area contributed by atoms with Gasteiger partial charge in [-0.2, -0.15) is 0 Å². The molecule has 1 aromatic carbocycles. The molecule has 1 rings (SSSR count). The molecule has 0 aliphatic rings. The number of hydrogen-bond donors (Lipinski definition) is 0. The molecule has 0 aliphatic heterocycles. The second-order valence-corrected chi connectivity index (χ2v) is 3.05. The van der Waals surface area contributed by atoms with Gasteiger partial charge in [0.25, 0.3) is 0 Å². The maximum Gasteiger partial charge on any atom is 0.179 e. The Bertz CT molecular complexity index is 250. The molecule has 0 heterocycles. The zero-order valence-corrected chi connectivity index (χ0v) is 8.76. The van der Waals surface area contributed by atoms with E-state index in [9.17, 15) is 0 Å². The first-order chi connectivity index (χ1) is 6.38. The number of hydrogen-bond acceptors (Lipinski definition) is 3. The zero-order chi connectivity index (χ0) is 9.52. The van der Waals surface area contributed by atoms with Crippen LogP contribution in [0.5, 0.6) is 11.5 Å². The highest BCUT2D eigenvalue weighted by atomic mass is 32.2. The Hall–Kier alpha value is -0.830. The van der Waals surface area contributed by atoms with Gasteiger partial charge in [0.2, 0.25) is 0 Å². The van der Waals surface area contributed by atoms with Crippen LogP contribution in [-0.2, 0) is 0 Å². The minimum absolute atomic E-state index is 0.731. The molecule has 0 spiro atoms. The van der Waals surface area contributed by atoms with Crippen molar-refractivity contribution in [1.29, 1.82) is 0 Å². The van der Waals surface area contributed by atoms with Gasteiger partial charge in [0, 0.05) is 6.26 Å². The maximum absolute atomic E-state index is 5.50. The second kappa shape index (κ2) is 5.75. The van der Waals surface area contributed by atoms with Crippen LogP contribution in [0, 0.1) is 0 Å². The molecular weight excluding hydrogens is 184 g/mol. The van der Waals surface area contributed by atoms with Crippen LogP contribution < -0.4 is 8.92 Å². The van der Waals surface area contributed by atoms with E-state index in [1.54, 1.807) is 0 Å². The Kier molecular flexibility index (Phi) is 4.54. The molecule has 0 N–H and O–H groups in total. The normalized spacial score (nSPS) is 9.69. The van der Waals surface area contributed by atoms with Crippen molar-refractivity contribution >= 4 is 12.0 Å². The first kappa shape index (κ1) is 10.3. The number of rotatable bonds is 5. The molecule has 0 aliphatic carbocycles. The van der Waals surface area contributed by atoms with E-state index in [1.165, 1.54) is 12.0 Å². The van der Waals surface area contributed by atoms with Crippen molar-refractivity contribution in [3.8, 4) is 11.5 Å². The lowest BCUT2D eigenvalue weighted by Gasteiger charge is -2.08. The monoisotopic (exact) mass is 198 g/mol. The molecule has 0 saturated heterocycles. The van der Waals surface area contributed by atoms with Gasteiger partial charge in [-0.1, -0.05) is 19.1 Å². The van der Waals surface area contributed by atoms with E-state index in [0.717, 1.165) is 24.5 Å². The van der Waals surface area contributed by atoms with E-state index >= 15 is 0 Å². The first-order valence-corrected chi connectivity index (χ1v) is 5.46. The molecule has 0 amide bonds. The van der Waals surface area contributed by atoms with E-state index in [4.69, 9.17) is 8.92 Å². The summed E-state index contributed by atoms with van der Waals surface area (Å²) in [5.74, 6) is 1.61. The van der Waals surface area contributed by atoms with Crippen molar-refractivity contribution in [2.75, 3.05) is 12.9 Å². The van der Waals surface area contributed by atoms with Gasteiger partial charge in [-0.05, 0) is 18.6 Å². The Balaban J connectivity index is 2.66. The Morgan fingerprint density at radius 2 is 1.92 bits per heavy atom. The average Bonchev–Trinajstić information content (AvgIpc) is 2.17. The largest absolute Gasteiger partial charge is 0.490 e. The molecule has 1 aromatic rings. The summed E-state index contributed by atoms with van der Waals surface area (Å²) in [7, 11) is 0.